The van der Waals surface area contributed by atoms with E-state index in [2.05, 4.69) is 31.3 Å². The second-order valence-electron chi connectivity index (χ2n) is 11.8. The third-order valence-corrected chi connectivity index (χ3v) is 8.43. The fraction of sp³-hybridized carbons (Fsp3) is 0.882. The van der Waals surface area contributed by atoms with Gasteiger partial charge in [-0.3, -0.25) is 18.6 Å². The van der Waals surface area contributed by atoms with Crippen molar-refractivity contribution in [2.24, 2.45) is 0 Å². The van der Waals surface area contributed by atoms with Crippen LogP contribution in [0.3, 0.4) is 0 Å². The van der Waals surface area contributed by atoms with Crippen molar-refractivity contribution >= 4 is 19.7 Å². The van der Waals surface area contributed by atoms with E-state index in [4.69, 9.17) is 13.8 Å². The van der Waals surface area contributed by atoms with Crippen molar-refractivity contribution in [2.45, 2.75) is 168 Å². The summed E-state index contributed by atoms with van der Waals surface area (Å²) < 4.78 is 26.7. The van der Waals surface area contributed by atoms with Crippen molar-refractivity contribution in [2.75, 3.05) is 26.4 Å². The number of esters is 1. The Kier molecular flexibility index (Phi) is 30.8. The van der Waals surface area contributed by atoms with Crippen LogP contribution < -0.4 is 5.32 Å². The fourth-order valence-corrected chi connectivity index (χ4v) is 5.47. The summed E-state index contributed by atoms with van der Waals surface area (Å²) in [5.74, 6) is -0.525. The number of hydrogen-bond donors (Lipinski definition) is 3. The highest BCUT2D eigenvalue weighted by atomic mass is 31.2. The van der Waals surface area contributed by atoms with Crippen LogP contribution in [0.5, 0.6) is 0 Å². The Labute approximate surface area is 268 Å². The highest BCUT2D eigenvalue weighted by molar-refractivity contribution is 7.47. The number of carbonyl (C=O) groups is 2. The standard InChI is InChI=1S/C34H66NO8P/c1-3-5-7-9-11-13-15-17-18-20-22-24-26-33(37)35-28-29-42-44(39,40)43-31-32(36)30-41-34(38)27-25-23-21-19-16-14-12-10-8-6-4-2/h10,12,32,36H,3-9,11,13-31H2,1-2H3,(H,35,37)(H,39,40)/b12-10-. The highest BCUT2D eigenvalue weighted by Crippen LogP contribution is 2.42. The summed E-state index contributed by atoms with van der Waals surface area (Å²) in [5.41, 5.74) is 0. The molecule has 0 aliphatic heterocycles. The third-order valence-electron chi connectivity index (χ3n) is 7.45. The summed E-state index contributed by atoms with van der Waals surface area (Å²) in [6.07, 6.45) is 28.5. The molecule has 0 radical (unpaired) electrons. The topological polar surface area (TPSA) is 131 Å². The molecule has 3 N–H and O–H groups in total. The van der Waals surface area contributed by atoms with Crippen molar-refractivity contribution in [1.82, 2.24) is 5.32 Å². The number of allylic oxidation sites excluding steroid dienone is 2. The quantitative estimate of drug-likeness (QED) is 0.0279. The van der Waals surface area contributed by atoms with Gasteiger partial charge < -0.3 is 20.1 Å². The average Bonchev–Trinajstić information content (AvgIpc) is 3.00. The van der Waals surface area contributed by atoms with Gasteiger partial charge in [0, 0.05) is 19.4 Å². The third kappa shape index (κ3) is 32.2. The summed E-state index contributed by atoms with van der Waals surface area (Å²) in [4.78, 5) is 33.6. The number of ether oxygens (including phenoxy) is 1. The van der Waals surface area contributed by atoms with E-state index >= 15 is 0 Å². The Morgan fingerprint density at radius 1 is 0.682 bits per heavy atom. The van der Waals surface area contributed by atoms with Gasteiger partial charge in [-0.15, -0.1) is 0 Å². The van der Waals surface area contributed by atoms with Gasteiger partial charge in [-0.05, 0) is 32.1 Å². The summed E-state index contributed by atoms with van der Waals surface area (Å²) in [5, 5.41) is 12.6. The van der Waals surface area contributed by atoms with Gasteiger partial charge in [0.2, 0.25) is 5.91 Å². The molecule has 0 rings (SSSR count). The predicted molar refractivity (Wildman–Crippen MR) is 178 cm³/mol. The zero-order chi connectivity index (χ0) is 32.6. The van der Waals surface area contributed by atoms with Crippen LogP contribution in [0.25, 0.3) is 0 Å². The van der Waals surface area contributed by atoms with Crippen molar-refractivity contribution in [3.8, 4) is 0 Å². The Balaban J connectivity index is 3.64. The van der Waals surface area contributed by atoms with Crippen LogP contribution in [0, 0.1) is 0 Å². The first-order chi connectivity index (χ1) is 21.3. The Bertz CT molecular complexity index is 749. The second-order valence-corrected chi connectivity index (χ2v) is 13.3. The van der Waals surface area contributed by atoms with Crippen LogP contribution in [0.15, 0.2) is 12.2 Å². The number of phosphoric acid groups is 1. The first-order valence-corrected chi connectivity index (χ1v) is 19.2. The maximum Gasteiger partial charge on any atom is 0.472 e. The van der Waals surface area contributed by atoms with E-state index in [9.17, 15) is 24.2 Å². The van der Waals surface area contributed by atoms with Crippen LogP contribution in [0.4, 0.5) is 0 Å². The maximum absolute atomic E-state index is 12.0. The number of rotatable bonds is 33. The number of nitrogens with one attached hydrogen (secondary N) is 1. The van der Waals surface area contributed by atoms with Gasteiger partial charge in [0.25, 0.3) is 0 Å². The van der Waals surface area contributed by atoms with Gasteiger partial charge in [-0.2, -0.15) is 0 Å². The SMILES string of the molecule is CCCC/C=C\CCCCCCCC(=O)OCC(O)COP(=O)(O)OCCNC(=O)CCCCCCCCCCCCCC. The normalized spacial score (nSPS) is 13.6. The van der Waals surface area contributed by atoms with Crippen LogP contribution in [0.2, 0.25) is 0 Å². The molecule has 2 unspecified atom stereocenters. The van der Waals surface area contributed by atoms with E-state index in [0.29, 0.717) is 6.42 Å². The molecule has 0 aliphatic rings. The van der Waals surface area contributed by atoms with Crippen LogP contribution >= 0.6 is 7.82 Å². The van der Waals surface area contributed by atoms with Gasteiger partial charge in [0.15, 0.2) is 0 Å². The van der Waals surface area contributed by atoms with Gasteiger partial charge in [0.1, 0.15) is 12.7 Å². The Morgan fingerprint density at radius 3 is 1.77 bits per heavy atom. The number of carbonyl (C=O) groups excluding carboxylic acids is 2. The van der Waals surface area contributed by atoms with Crippen LogP contribution in [-0.4, -0.2) is 54.3 Å². The minimum absolute atomic E-state index is 0.0846. The lowest BCUT2D eigenvalue weighted by Crippen LogP contribution is -2.27. The van der Waals surface area contributed by atoms with Crippen LogP contribution in [-0.2, 0) is 27.9 Å². The van der Waals surface area contributed by atoms with Crippen LogP contribution in [0.1, 0.15) is 162 Å². The second kappa shape index (κ2) is 31.7. The number of amides is 1. The lowest BCUT2D eigenvalue weighted by atomic mass is 10.0. The largest absolute Gasteiger partial charge is 0.472 e. The number of hydrogen-bond acceptors (Lipinski definition) is 7. The van der Waals surface area contributed by atoms with E-state index < -0.39 is 26.5 Å². The molecule has 0 heterocycles. The van der Waals surface area contributed by atoms with E-state index in [1.807, 2.05) is 0 Å². The molecule has 0 bridgehead atoms. The molecule has 0 aromatic carbocycles. The van der Waals surface area contributed by atoms with Gasteiger partial charge in [0.05, 0.1) is 13.2 Å². The molecule has 1 amide bonds. The predicted octanol–water partition coefficient (Wildman–Crippen LogP) is 8.71. The lowest BCUT2D eigenvalue weighted by Gasteiger charge is -2.15. The first kappa shape index (κ1) is 42.8. The molecule has 0 saturated carbocycles. The molecular formula is C34H66NO8P. The van der Waals surface area contributed by atoms with E-state index in [0.717, 1.165) is 64.2 Å². The molecule has 0 aliphatic carbocycles. The molecule has 10 heteroatoms. The Morgan fingerprint density at radius 2 is 1.18 bits per heavy atom. The smallest absolute Gasteiger partial charge is 0.463 e. The minimum atomic E-state index is -4.40. The number of unbranched alkanes of at least 4 members (excludes halogenated alkanes) is 18. The molecule has 260 valence electrons. The van der Waals surface area contributed by atoms with Gasteiger partial charge >= 0.3 is 13.8 Å². The minimum Gasteiger partial charge on any atom is -0.463 e. The number of phosphoric ester groups is 1. The summed E-state index contributed by atoms with van der Waals surface area (Å²) in [6, 6.07) is 0. The summed E-state index contributed by atoms with van der Waals surface area (Å²) in [7, 11) is -4.40. The Hall–Kier alpha value is -1.25. The lowest BCUT2D eigenvalue weighted by molar-refractivity contribution is -0.147. The van der Waals surface area contributed by atoms with Gasteiger partial charge in [-0.25, -0.2) is 4.57 Å². The van der Waals surface area contributed by atoms with Crippen molar-refractivity contribution in [3.63, 3.8) is 0 Å². The zero-order valence-corrected chi connectivity index (χ0v) is 29.0. The molecule has 9 nitrogen and oxygen atoms in total. The summed E-state index contributed by atoms with van der Waals surface area (Å²) in [6.45, 7) is 3.49. The molecule has 0 aromatic rings. The number of aliphatic hydroxyl groups excluding tert-OH is 1. The van der Waals surface area contributed by atoms with Gasteiger partial charge in [-0.1, -0.05) is 129 Å². The first-order valence-electron chi connectivity index (χ1n) is 17.7. The molecule has 0 saturated heterocycles. The van der Waals surface area contributed by atoms with Crippen molar-refractivity contribution in [1.29, 1.82) is 0 Å². The van der Waals surface area contributed by atoms with Crippen molar-refractivity contribution < 1.29 is 37.9 Å². The van der Waals surface area contributed by atoms with E-state index in [1.165, 1.54) is 70.6 Å². The maximum atomic E-state index is 12.0. The summed E-state index contributed by atoms with van der Waals surface area (Å²) >= 11 is 0. The monoisotopic (exact) mass is 647 g/mol. The fourth-order valence-electron chi connectivity index (χ4n) is 4.71. The molecular weight excluding hydrogens is 581 g/mol. The van der Waals surface area contributed by atoms with E-state index in [-0.39, 0.29) is 32.1 Å². The molecule has 2 atom stereocenters. The molecule has 0 fully saturated rings. The molecule has 0 aromatic heterocycles. The average molecular weight is 648 g/mol. The van der Waals surface area contributed by atoms with E-state index in [1.54, 1.807) is 0 Å². The zero-order valence-electron chi connectivity index (χ0n) is 28.1. The molecule has 44 heavy (non-hydrogen) atoms. The van der Waals surface area contributed by atoms with Crippen molar-refractivity contribution in [3.05, 3.63) is 12.2 Å². The number of aliphatic hydroxyl groups is 1. The highest BCUT2D eigenvalue weighted by Gasteiger charge is 2.23. The molecule has 0 spiro atoms.